The van der Waals surface area contributed by atoms with Crippen LogP contribution in [-0.4, -0.2) is 13.1 Å². The van der Waals surface area contributed by atoms with Crippen LogP contribution >= 0.6 is 0 Å². The fraction of sp³-hybridized carbons (Fsp3) is 0.538. The fourth-order valence-corrected chi connectivity index (χ4v) is 2.28. The molecule has 1 heterocycles. The van der Waals surface area contributed by atoms with E-state index in [-0.39, 0.29) is 11.9 Å². The van der Waals surface area contributed by atoms with Gasteiger partial charge in [-0.3, -0.25) is 0 Å². The molecule has 0 unspecified atom stereocenters. The second-order valence-electron chi connectivity index (χ2n) is 4.64. The highest BCUT2D eigenvalue weighted by molar-refractivity contribution is 5.57. The van der Waals surface area contributed by atoms with E-state index in [9.17, 15) is 4.39 Å². The second kappa shape index (κ2) is 4.42. The minimum absolute atomic E-state index is 0.120. The number of rotatable bonds is 2. The van der Waals surface area contributed by atoms with Crippen LogP contribution in [-0.2, 0) is 0 Å². The molecule has 0 saturated carbocycles. The Hall–Kier alpha value is -1.09. The normalized spacial score (nSPS) is 17.9. The zero-order chi connectivity index (χ0) is 11.7. The molecular weight excluding hydrogens is 203 g/mol. The average molecular weight is 222 g/mol. The molecule has 16 heavy (non-hydrogen) atoms. The van der Waals surface area contributed by atoms with E-state index < -0.39 is 0 Å². The molecule has 0 bridgehead atoms. The van der Waals surface area contributed by atoms with Crippen LogP contribution in [0.2, 0.25) is 0 Å². The summed E-state index contributed by atoms with van der Waals surface area (Å²) < 4.78 is 13.5. The maximum atomic E-state index is 13.5. The molecule has 1 saturated heterocycles. The molecule has 2 rings (SSSR count). The van der Waals surface area contributed by atoms with Gasteiger partial charge in [0.25, 0.3) is 0 Å². The summed E-state index contributed by atoms with van der Waals surface area (Å²) in [5.74, 6) is -0.157. The lowest BCUT2D eigenvalue weighted by Gasteiger charge is -2.24. The van der Waals surface area contributed by atoms with Gasteiger partial charge in [-0.15, -0.1) is 0 Å². The molecule has 0 radical (unpaired) electrons. The van der Waals surface area contributed by atoms with Crippen LogP contribution in [0, 0.1) is 12.7 Å². The van der Waals surface area contributed by atoms with Crippen molar-refractivity contribution >= 4 is 5.69 Å². The summed E-state index contributed by atoms with van der Waals surface area (Å²) in [6.45, 7) is 5.83. The van der Waals surface area contributed by atoms with Gasteiger partial charge in [0.05, 0.1) is 0 Å². The Morgan fingerprint density at radius 1 is 1.31 bits per heavy atom. The van der Waals surface area contributed by atoms with Gasteiger partial charge in [-0.25, -0.2) is 4.39 Å². The molecule has 1 atom stereocenters. The van der Waals surface area contributed by atoms with E-state index in [0.717, 1.165) is 24.3 Å². The minimum Gasteiger partial charge on any atom is -0.371 e. The summed E-state index contributed by atoms with van der Waals surface area (Å²) in [7, 11) is 0. The molecular formula is C13H19FN2. The summed E-state index contributed by atoms with van der Waals surface area (Å²) in [5.41, 5.74) is 8.65. The third kappa shape index (κ3) is 2.05. The van der Waals surface area contributed by atoms with Crippen molar-refractivity contribution in [1.82, 2.24) is 0 Å². The standard InChI is InChI=1S/C13H19FN2/c1-9-7-13(16-5-3-4-6-16)11(10(2)15)8-12(9)14/h7-8,10H,3-6,15H2,1-2H3/t10-/m1/s1. The quantitative estimate of drug-likeness (QED) is 0.833. The zero-order valence-corrected chi connectivity index (χ0v) is 9.96. The highest BCUT2D eigenvalue weighted by Gasteiger charge is 2.18. The van der Waals surface area contributed by atoms with Crippen LogP contribution in [0.1, 0.15) is 36.9 Å². The maximum absolute atomic E-state index is 13.5. The van der Waals surface area contributed by atoms with E-state index in [1.54, 1.807) is 13.0 Å². The Morgan fingerprint density at radius 2 is 1.94 bits per heavy atom. The molecule has 0 spiro atoms. The van der Waals surface area contributed by atoms with Crippen LogP contribution in [0.15, 0.2) is 12.1 Å². The number of halogens is 1. The largest absolute Gasteiger partial charge is 0.371 e. The van der Waals surface area contributed by atoms with Crippen LogP contribution < -0.4 is 10.6 Å². The lowest BCUT2D eigenvalue weighted by molar-refractivity contribution is 0.612. The SMILES string of the molecule is Cc1cc(N2CCCC2)c([C@@H](C)N)cc1F. The molecule has 88 valence electrons. The van der Waals surface area contributed by atoms with Gasteiger partial charge < -0.3 is 10.6 Å². The van der Waals surface area contributed by atoms with E-state index in [0.29, 0.717) is 5.56 Å². The number of aryl methyl sites for hydroxylation is 1. The first-order valence-electron chi connectivity index (χ1n) is 5.90. The van der Waals surface area contributed by atoms with E-state index in [4.69, 9.17) is 5.73 Å². The van der Waals surface area contributed by atoms with Gasteiger partial charge in [-0.1, -0.05) is 0 Å². The Bertz CT molecular complexity index is 382. The number of nitrogens with zero attached hydrogens (tertiary/aromatic N) is 1. The molecule has 2 N–H and O–H groups in total. The number of hydrogen-bond acceptors (Lipinski definition) is 2. The minimum atomic E-state index is -0.157. The number of benzene rings is 1. The number of anilines is 1. The van der Waals surface area contributed by atoms with Crippen molar-refractivity contribution in [3.8, 4) is 0 Å². The molecule has 1 aromatic carbocycles. The second-order valence-corrected chi connectivity index (χ2v) is 4.64. The van der Waals surface area contributed by atoms with Gasteiger partial charge >= 0.3 is 0 Å². The van der Waals surface area contributed by atoms with Gasteiger partial charge in [0, 0.05) is 24.8 Å². The smallest absolute Gasteiger partial charge is 0.126 e. The first kappa shape index (κ1) is 11.4. The Kier molecular flexibility index (Phi) is 3.15. The van der Waals surface area contributed by atoms with Gasteiger partial charge in [0.2, 0.25) is 0 Å². The van der Waals surface area contributed by atoms with Crippen molar-refractivity contribution in [2.24, 2.45) is 5.73 Å². The van der Waals surface area contributed by atoms with Gasteiger partial charge in [0.15, 0.2) is 0 Å². The predicted molar refractivity (Wildman–Crippen MR) is 65.2 cm³/mol. The van der Waals surface area contributed by atoms with Crippen LogP contribution in [0.3, 0.4) is 0 Å². The maximum Gasteiger partial charge on any atom is 0.126 e. The molecule has 2 nitrogen and oxygen atoms in total. The Morgan fingerprint density at radius 3 is 2.50 bits per heavy atom. The highest BCUT2D eigenvalue weighted by Crippen LogP contribution is 2.30. The molecule has 0 amide bonds. The third-order valence-electron chi connectivity index (χ3n) is 3.25. The van der Waals surface area contributed by atoms with E-state index >= 15 is 0 Å². The van der Waals surface area contributed by atoms with Crippen molar-refractivity contribution < 1.29 is 4.39 Å². The van der Waals surface area contributed by atoms with Crippen molar-refractivity contribution in [3.05, 3.63) is 29.1 Å². The lowest BCUT2D eigenvalue weighted by Crippen LogP contribution is -2.21. The average Bonchev–Trinajstić information content (AvgIpc) is 2.74. The summed E-state index contributed by atoms with van der Waals surface area (Å²) in [6, 6.07) is 3.40. The van der Waals surface area contributed by atoms with E-state index in [1.807, 2.05) is 13.0 Å². The first-order chi connectivity index (χ1) is 7.59. The first-order valence-corrected chi connectivity index (χ1v) is 5.90. The topological polar surface area (TPSA) is 29.3 Å². The number of hydrogen-bond donors (Lipinski definition) is 1. The van der Waals surface area contributed by atoms with Gasteiger partial charge in [0.1, 0.15) is 5.82 Å². The van der Waals surface area contributed by atoms with Crippen molar-refractivity contribution in [2.75, 3.05) is 18.0 Å². The Balaban J connectivity index is 2.44. The van der Waals surface area contributed by atoms with Crippen molar-refractivity contribution in [2.45, 2.75) is 32.7 Å². The predicted octanol–water partition coefficient (Wildman–Crippen LogP) is 2.75. The van der Waals surface area contributed by atoms with Crippen molar-refractivity contribution in [3.63, 3.8) is 0 Å². The fourth-order valence-electron chi connectivity index (χ4n) is 2.28. The molecule has 1 aliphatic rings. The van der Waals surface area contributed by atoms with Gasteiger partial charge in [-0.05, 0) is 49.9 Å². The molecule has 1 aliphatic heterocycles. The summed E-state index contributed by atoms with van der Waals surface area (Å²) in [4.78, 5) is 2.31. The third-order valence-corrected chi connectivity index (χ3v) is 3.25. The van der Waals surface area contributed by atoms with Crippen LogP contribution in [0.5, 0.6) is 0 Å². The molecule has 1 fully saturated rings. The molecule has 0 aromatic heterocycles. The number of nitrogens with two attached hydrogens (primary N) is 1. The monoisotopic (exact) mass is 222 g/mol. The van der Waals surface area contributed by atoms with Gasteiger partial charge in [-0.2, -0.15) is 0 Å². The highest BCUT2D eigenvalue weighted by atomic mass is 19.1. The van der Waals surface area contributed by atoms with E-state index in [1.165, 1.54) is 12.8 Å². The molecule has 0 aliphatic carbocycles. The van der Waals surface area contributed by atoms with E-state index in [2.05, 4.69) is 4.90 Å². The Labute approximate surface area is 96.2 Å². The molecule has 1 aromatic rings. The van der Waals surface area contributed by atoms with Crippen LogP contribution in [0.25, 0.3) is 0 Å². The van der Waals surface area contributed by atoms with Crippen molar-refractivity contribution in [1.29, 1.82) is 0 Å². The van der Waals surface area contributed by atoms with Crippen LogP contribution in [0.4, 0.5) is 10.1 Å². The zero-order valence-electron chi connectivity index (χ0n) is 9.96. The summed E-state index contributed by atoms with van der Waals surface area (Å²) in [6.07, 6.45) is 2.43. The summed E-state index contributed by atoms with van der Waals surface area (Å²) in [5, 5.41) is 0. The summed E-state index contributed by atoms with van der Waals surface area (Å²) >= 11 is 0. The molecule has 3 heteroatoms. The lowest BCUT2D eigenvalue weighted by atomic mass is 10.0.